The fourth-order valence-electron chi connectivity index (χ4n) is 3.85. The fraction of sp³-hybridized carbons (Fsp3) is 0.231. The molecule has 1 heterocycles. The number of rotatable bonds is 6. The molecule has 1 N–H and O–H groups in total. The molecule has 7 heteroatoms. The first-order valence-electron chi connectivity index (χ1n) is 10.8. The normalized spacial score (nSPS) is 13.4. The fourth-order valence-corrected chi connectivity index (χ4v) is 3.85. The lowest BCUT2D eigenvalue weighted by molar-refractivity contribution is 0.0748. The van der Waals surface area contributed by atoms with Gasteiger partial charge in [-0.15, -0.1) is 0 Å². The SMILES string of the molecule is COc1ccc(C(=O)Nc2ccccc2C(=O)N2CCN(c3ccc(OC)cc3)CC2)cc1. The standard InChI is InChI=1S/C26H27N3O4/c1-32-21-11-7-19(8-12-21)25(30)27-24-6-4-3-5-23(24)26(31)29-17-15-28(16-18-29)20-9-13-22(33-2)14-10-20/h3-14H,15-18H2,1-2H3,(H,27,30). The third-order valence-corrected chi connectivity index (χ3v) is 5.76. The van der Waals surface area contributed by atoms with Gasteiger partial charge in [0.25, 0.3) is 11.8 Å². The van der Waals surface area contributed by atoms with Crippen molar-refractivity contribution in [1.29, 1.82) is 0 Å². The summed E-state index contributed by atoms with van der Waals surface area (Å²) in [5, 5.41) is 2.88. The molecule has 1 fully saturated rings. The maximum Gasteiger partial charge on any atom is 0.256 e. The van der Waals surface area contributed by atoms with Crippen LogP contribution in [0.5, 0.6) is 11.5 Å². The smallest absolute Gasteiger partial charge is 0.256 e. The second-order valence-corrected chi connectivity index (χ2v) is 7.71. The van der Waals surface area contributed by atoms with Crippen molar-refractivity contribution in [2.75, 3.05) is 50.6 Å². The highest BCUT2D eigenvalue weighted by atomic mass is 16.5. The molecule has 33 heavy (non-hydrogen) atoms. The topological polar surface area (TPSA) is 71.1 Å². The van der Waals surface area contributed by atoms with E-state index in [1.54, 1.807) is 50.6 Å². The summed E-state index contributed by atoms with van der Waals surface area (Å²) in [4.78, 5) is 30.1. The van der Waals surface area contributed by atoms with Gasteiger partial charge >= 0.3 is 0 Å². The zero-order chi connectivity index (χ0) is 23.2. The minimum Gasteiger partial charge on any atom is -0.497 e. The van der Waals surface area contributed by atoms with E-state index in [1.807, 2.05) is 41.3 Å². The molecule has 1 saturated heterocycles. The minimum atomic E-state index is -0.276. The van der Waals surface area contributed by atoms with Crippen molar-refractivity contribution in [3.63, 3.8) is 0 Å². The summed E-state index contributed by atoms with van der Waals surface area (Å²) in [6, 6.07) is 21.9. The van der Waals surface area contributed by atoms with Gasteiger partial charge in [-0.2, -0.15) is 0 Å². The summed E-state index contributed by atoms with van der Waals surface area (Å²) in [5.41, 5.74) is 2.58. The number of benzene rings is 3. The number of ether oxygens (including phenoxy) is 2. The third kappa shape index (κ3) is 5.09. The molecule has 3 aromatic carbocycles. The Hall–Kier alpha value is -4.00. The van der Waals surface area contributed by atoms with Crippen molar-refractivity contribution in [3.05, 3.63) is 83.9 Å². The molecular weight excluding hydrogens is 418 g/mol. The van der Waals surface area contributed by atoms with Crippen LogP contribution in [0.25, 0.3) is 0 Å². The monoisotopic (exact) mass is 445 g/mol. The molecule has 0 spiro atoms. The van der Waals surface area contributed by atoms with Crippen molar-refractivity contribution in [3.8, 4) is 11.5 Å². The van der Waals surface area contributed by atoms with Gasteiger partial charge in [0, 0.05) is 37.4 Å². The largest absolute Gasteiger partial charge is 0.497 e. The van der Waals surface area contributed by atoms with E-state index in [-0.39, 0.29) is 11.8 Å². The number of amides is 2. The Bertz CT molecular complexity index is 1110. The zero-order valence-electron chi connectivity index (χ0n) is 18.8. The average molecular weight is 446 g/mol. The lowest BCUT2D eigenvalue weighted by atomic mass is 10.1. The van der Waals surface area contributed by atoms with E-state index in [0.29, 0.717) is 35.7 Å². The molecule has 170 valence electrons. The van der Waals surface area contributed by atoms with Gasteiger partial charge in [-0.3, -0.25) is 9.59 Å². The summed E-state index contributed by atoms with van der Waals surface area (Å²) < 4.78 is 10.4. The number of carbonyl (C=O) groups is 2. The molecule has 0 bridgehead atoms. The van der Waals surface area contributed by atoms with Crippen LogP contribution < -0.4 is 19.7 Å². The predicted molar refractivity (Wildman–Crippen MR) is 128 cm³/mol. The van der Waals surface area contributed by atoms with Crippen LogP contribution >= 0.6 is 0 Å². The number of carbonyl (C=O) groups excluding carboxylic acids is 2. The van der Waals surface area contributed by atoms with E-state index < -0.39 is 0 Å². The van der Waals surface area contributed by atoms with E-state index in [4.69, 9.17) is 9.47 Å². The van der Waals surface area contributed by atoms with E-state index in [1.165, 1.54) is 0 Å². The van der Waals surface area contributed by atoms with Crippen LogP contribution in [0.2, 0.25) is 0 Å². The molecule has 1 aliphatic rings. The van der Waals surface area contributed by atoms with Crippen LogP contribution in [0, 0.1) is 0 Å². The lowest BCUT2D eigenvalue weighted by Crippen LogP contribution is -2.48. The van der Waals surface area contributed by atoms with Crippen molar-refractivity contribution in [2.24, 2.45) is 0 Å². The number of hydrogen-bond acceptors (Lipinski definition) is 5. The van der Waals surface area contributed by atoms with Crippen molar-refractivity contribution >= 4 is 23.2 Å². The Morgan fingerprint density at radius 1 is 0.758 bits per heavy atom. The summed E-state index contributed by atoms with van der Waals surface area (Å²) in [6.07, 6.45) is 0. The molecule has 0 aromatic heterocycles. The van der Waals surface area contributed by atoms with Gasteiger partial charge in [-0.1, -0.05) is 12.1 Å². The zero-order valence-corrected chi connectivity index (χ0v) is 18.8. The molecule has 0 atom stereocenters. The number of methoxy groups -OCH3 is 2. The number of piperazine rings is 1. The molecule has 0 unspecified atom stereocenters. The molecule has 7 nitrogen and oxygen atoms in total. The van der Waals surface area contributed by atoms with E-state index in [9.17, 15) is 9.59 Å². The first kappa shape index (κ1) is 22.2. The van der Waals surface area contributed by atoms with E-state index >= 15 is 0 Å². The highest BCUT2D eigenvalue weighted by Crippen LogP contribution is 2.23. The van der Waals surface area contributed by atoms with Crippen LogP contribution in [0.4, 0.5) is 11.4 Å². The molecule has 4 rings (SSSR count). The molecule has 2 amide bonds. The molecule has 3 aromatic rings. The molecule has 1 aliphatic heterocycles. The van der Waals surface area contributed by atoms with Gasteiger partial charge in [0.2, 0.25) is 0 Å². The van der Waals surface area contributed by atoms with Gasteiger partial charge < -0.3 is 24.6 Å². The lowest BCUT2D eigenvalue weighted by Gasteiger charge is -2.36. The molecule has 0 aliphatic carbocycles. The first-order valence-corrected chi connectivity index (χ1v) is 10.8. The maximum atomic E-state index is 13.3. The van der Waals surface area contributed by atoms with Crippen LogP contribution in [-0.2, 0) is 0 Å². The van der Waals surface area contributed by atoms with Gasteiger partial charge in [0.1, 0.15) is 11.5 Å². The van der Waals surface area contributed by atoms with Crippen LogP contribution in [-0.4, -0.2) is 57.1 Å². The van der Waals surface area contributed by atoms with Gasteiger partial charge in [0.05, 0.1) is 25.5 Å². The Labute approximate surface area is 193 Å². The number of nitrogens with one attached hydrogen (secondary N) is 1. The minimum absolute atomic E-state index is 0.0880. The Kier molecular flexibility index (Phi) is 6.78. The molecular formula is C26H27N3O4. The second-order valence-electron chi connectivity index (χ2n) is 7.71. The third-order valence-electron chi connectivity index (χ3n) is 5.76. The average Bonchev–Trinajstić information content (AvgIpc) is 2.89. The van der Waals surface area contributed by atoms with E-state index in [0.717, 1.165) is 24.5 Å². The molecule has 0 radical (unpaired) electrons. The highest BCUT2D eigenvalue weighted by Gasteiger charge is 2.24. The summed E-state index contributed by atoms with van der Waals surface area (Å²) in [7, 11) is 3.23. The Morgan fingerprint density at radius 3 is 1.94 bits per heavy atom. The van der Waals surface area contributed by atoms with Crippen molar-refractivity contribution in [2.45, 2.75) is 0 Å². The Balaban J connectivity index is 1.42. The van der Waals surface area contributed by atoms with Crippen molar-refractivity contribution in [1.82, 2.24) is 4.90 Å². The predicted octanol–water partition coefficient (Wildman–Crippen LogP) is 3.92. The van der Waals surface area contributed by atoms with Gasteiger partial charge in [0.15, 0.2) is 0 Å². The number of anilines is 2. The summed E-state index contributed by atoms with van der Waals surface area (Å²) >= 11 is 0. The first-order chi connectivity index (χ1) is 16.1. The van der Waals surface area contributed by atoms with Gasteiger partial charge in [-0.25, -0.2) is 0 Å². The van der Waals surface area contributed by atoms with Crippen LogP contribution in [0.3, 0.4) is 0 Å². The Morgan fingerprint density at radius 2 is 1.33 bits per heavy atom. The van der Waals surface area contributed by atoms with Crippen LogP contribution in [0.1, 0.15) is 20.7 Å². The maximum absolute atomic E-state index is 13.3. The number of hydrogen-bond donors (Lipinski definition) is 1. The van der Waals surface area contributed by atoms with Crippen molar-refractivity contribution < 1.29 is 19.1 Å². The van der Waals surface area contributed by atoms with Gasteiger partial charge in [-0.05, 0) is 60.7 Å². The number of para-hydroxylation sites is 1. The second kappa shape index (κ2) is 10.1. The van der Waals surface area contributed by atoms with Crippen LogP contribution in [0.15, 0.2) is 72.8 Å². The summed E-state index contributed by atoms with van der Waals surface area (Å²) in [6.45, 7) is 2.67. The quantitative estimate of drug-likeness (QED) is 0.623. The highest BCUT2D eigenvalue weighted by molar-refractivity contribution is 6.09. The summed E-state index contributed by atoms with van der Waals surface area (Å²) in [5.74, 6) is 1.13. The number of nitrogens with zero attached hydrogens (tertiary/aromatic N) is 2. The molecule has 0 saturated carbocycles. The van der Waals surface area contributed by atoms with E-state index in [2.05, 4.69) is 10.2 Å².